The lowest BCUT2D eigenvalue weighted by atomic mass is 9.97. The fraction of sp³-hybridized carbons (Fsp3) is 0.409. The molecule has 1 atom stereocenters. The molecule has 7 nitrogen and oxygen atoms in total. The first kappa shape index (κ1) is 20.4. The smallest absolute Gasteiger partial charge is 0.263 e. The van der Waals surface area contributed by atoms with Crippen LogP contribution in [0.15, 0.2) is 23.0 Å². The van der Waals surface area contributed by atoms with Crippen LogP contribution in [0.1, 0.15) is 42.7 Å². The minimum Gasteiger partial charge on any atom is -0.493 e. The number of nitrogens with zero attached hydrogens (tertiary/aromatic N) is 2. The van der Waals surface area contributed by atoms with Gasteiger partial charge in [0.15, 0.2) is 11.5 Å². The molecule has 0 spiro atoms. The molecule has 8 heteroatoms. The van der Waals surface area contributed by atoms with E-state index in [2.05, 4.69) is 0 Å². The number of rotatable bonds is 6. The van der Waals surface area contributed by atoms with Gasteiger partial charge in [-0.05, 0) is 55.9 Å². The first-order chi connectivity index (χ1) is 14.5. The average molecular weight is 428 g/mol. The van der Waals surface area contributed by atoms with Gasteiger partial charge < -0.3 is 15.2 Å². The molecule has 0 radical (unpaired) electrons. The van der Waals surface area contributed by atoms with Crippen molar-refractivity contribution in [3.05, 3.63) is 39.0 Å². The molecule has 0 saturated heterocycles. The number of ether oxygens (including phenoxy) is 2. The number of nitrogens with two attached hydrogens (primary N) is 1. The Morgan fingerprint density at radius 2 is 1.97 bits per heavy atom. The Labute approximate surface area is 178 Å². The minimum absolute atomic E-state index is 0.199. The van der Waals surface area contributed by atoms with E-state index in [9.17, 15) is 9.59 Å². The molecule has 0 saturated carbocycles. The highest BCUT2D eigenvalue weighted by Crippen LogP contribution is 2.37. The summed E-state index contributed by atoms with van der Waals surface area (Å²) in [4.78, 5) is 32.8. The van der Waals surface area contributed by atoms with Crippen molar-refractivity contribution in [1.29, 1.82) is 0 Å². The van der Waals surface area contributed by atoms with Crippen LogP contribution < -0.4 is 20.8 Å². The summed E-state index contributed by atoms with van der Waals surface area (Å²) in [5.41, 5.74) is 7.24. The summed E-state index contributed by atoms with van der Waals surface area (Å²) >= 11 is 1.58. The first-order valence-electron chi connectivity index (χ1n) is 10.1. The van der Waals surface area contributed by atoms with Gasteiger partial charge >= 0.3 is 0 Å². The maximum absolute atomic E-state index is 13.7. The molecule has 2 aromatic heterocycles. The number of hydrogen-bond donors (Lipinski definition) is 1. The van der Waals surface area contributed by atoms with Crippen LogP contribution >= 0.6 is 11.3 Å². The first-order valence-corrected chi connectivity index (χ1v) is 10.9. The van der Waals surface area contributed by atoms with E-state index >= 15 is 0 Å². The third kappa shape index (κ3) is 3.25. The number of primary amides is 1. The summed E-state index contributed by atoms with van der Waals surface area (Å²) in [5, 5.41) is 0.638. The summed E-state index contributed by atoms with van der Waals surface area (Å²) in [6.45, 7) is 1.84. The van der Waals surface area contributed by atoms with Gasteiger partial charge in [0.25, 0.3) is 5.56 Å². The maximum atomic E-state index is 13.7. The van der Waals surface area contributed by atoms with Crippen LogP contribution in [0.25, 0.3) is 21.6 Å². The lowest BCUT2D eigenvalue weighted by Gasteiger charge is -2.20. The van der Waals surface area contributed by atoms with Crippen molar-refractivity contribution in [2.24, 2.45) is 5.73 Å². The van der Waals surface area contributed by atoms with Gasteiger partial charge in [0.1, 0.15) is 16.7 Å². The summed E-state index contributed by atoms with van der Waals surface area (Å²) in [7, 11) is 3.12. The zero-order valence-electron chi connectivity index (χ0n) is 17.4. The molecule has 3 aromatic rings. The second-order valence-electron chi connectivity index (χ2n) is 7.40. The van der Waals surface area contributed by atoms with Crippen molar-refractivity contribution in [2.45, 2.75) is 45.1 Å². The average Bonchev–Trinajstić information content (AvgIpc) is 3.13. The summed E-state index contributed by atoms with van der Waals surface area (Å²) in [6, 6.07) is 4.56. The fourth-order valence-corrected chi connectivity index (χ4v) is 5.45. The number of carbonyl (C=O) groups is 1. The number of methoxy groups -OCH3 is 2. The molecule has 1 aromatic carbocycles. The molecule has 1 amide bonds. The molecule has 0 bridgehead atoms. The van der Waals surface area contributed by atoms with Crippen molar-refractivity contribution in [2.75, 3.05) is 14.2 Å². The highest BCUT2D eigenvalue weighted by Gasteiger charge is 2.27. The quantitative estimate of drug-likeness (QED) is 0.650. The van der Waals surface area contributed by atoms with Crippen molar-refractivity contribution >= 4 is 27.5 Å². The molecule has 158 valence electrons. The molecule has 0 aliphatic heterocycles. The summed E-state index contributed by atoms with van der Waals surface area (Å²) in [5.74, 6) is 0.961. The lowest BCUT2D eigenvalue weighted by molar-refractivity contribution is -0.121. The summed E-state index contributed by atoms with van der Waals surface area (Å²) < 4.78 is 12.2. The minimum atomic E-state index is -0.781. The van der Waals surface area contributed by atoms with Gasteiger partial charge in [-0.2, -0.15) is 0 Å². The molecule has 4 rings (SSSR count). The highest BCUT2D eigenvalue weighted by atomic mass is 32.1. The molecular formula is C22H25N3O4S. The van der Waals surface area contributed by atoms with Gasteiger partial charge in [-0.3, -0.25) is 14.2 Å². The molecule has 1 aliphatic rings. The molecular weight excluding hydrogens is 402 g/mol. The second kappa shape index (κ2) is 8.10. The van der Waals surface area contributed by atoms with Gasteiger partial charge in [0, 0.05) is 10.4 Å². The van der Waals surface area contributed by atoms with Crippen LogP contribution in [0, 0.1) is 0 Å². The number of hydrogen-bond acceptors (Lipinski definition) is 6. The Bertz CT molecular complexity index is 1180. The number of aryl methyl sites for hydroxylation is 2. The van der Waals surface area contributed by atoms with Crippen molar-refractivity contribution < 1.29 is 14.3 Å². The van der Waals surface area contributed by atoms with E-state index in [-0.39, 0.29) is 5.56 Å². The number of benzene rings is 1. The fourth-order valence-electron chi connectivity index (χ4n) is 4.20. The molecule has 1 aliphatic carbocycles. The van der Waals surface area contributed by atoms with Gasteiger partial charge in [-0.25, -0.2) is 4.98 Å². The van der Waals surface area contributed by atoms with Crippen LogP contribution in [0.4, 0.5) is 0 Å². The van der Waals surface area contributed by atoms with Crippen molar-refractivity contribution in [3.8, 4) is 22.9 Å². The molecule has 30 heavy (non-hydrogen) atoms. The van der Waals surface area contributed by atoms with E-state index in [0.29, 0.717) is 39.5 Å². The Kier molecular flexibility index (Phi) is 5.51. The van der Waals surface area contributed by atoms with Gasteiger partial charge in [-0.15, -0.1) is 11.3 Å². The van der Waals surface area contributed by atoms with E-state index in [4.69, 9.17) is 20.2 Å². The Morgan fingerprint density at radius 1 is 1.23 bits per heavy atom. The standard InChI is InChI=1S/C22H25N3O4S/c1-4-14(19(23)26)25-20(12-9-10-15(28-2)16(11-12)29-3)24-21-18(22(25)27)13-7-5-6-8-17(13)30-21/h9-11,14H,4-8H2,1-3H3,(H2,23,26). The van der Waals surface area contributed by atoms with Gasteiger partial charge in [0.05, 0.1) is 19.6 Å². The largest absolute Gasteiger partial charge is 0.493 e. The monoisotopic (exact) mass is 427 g/mol. The molecule has 2 heterocycles. The second-order valence-corrected chi connectivity index (χ2v) is 8.48. The third-order valence-corrected chi connectivity index (χ3v) is 6.88. The lowest BCUT2D eigenvalue weighted by Crippen LogP contribution is -2.35. The SMILES string of the molecule is CCC(C(N)=O)n1c(-c2ccc(OC)c(OC)c2)nc2sc3c(c2c1=O)CCCC3. The number of aromatic nitrogens is 2. The van der Waals surface area contributed by atoms with E-state index in [1.54, 1.807) is 37.7 Å². The number of fused-ring (bicyclic) bond motifs is 3. The van der Waals surface area contributed by atoms with Gasteiger partial charge in [0.2, 0.25) is 5.91 Å². The predicted octanol–water partition coefficient (Wildman–Crippen LogP) is 3.46. The van der Waals surface area contributed by atoms with Crippen LogP contribution in [0.3, 0.4) is 0 Å². The van der Waals surface area contributed by atoms with Crippen molar-refractivity contribution in [3.63, 3.8) is 0 Å². The number of amides is 1. The van der Waals surface area contributed by atoms with Crippen LogP contribution in [0.2, 0.25) is 0 Å². The number of carbonyl (C=O) groups excluding carboxylic acids is 1. The van der Waals surface area contributed by atoms with E-state index < -0.39 is 11.9 Å². The zero-order chi connectivity index (χ0) is 21.4. The topological polar surface area (TPSA) is 96.4 Å². The van der Waals surface area contributed by atoms with E-state index in [0.717, 1.165) is 31.2 Å². The van der Waals surface area contributed by atoms with Gasteiger partial charge in [-0.1, -0.05) is 6.92 Å². The molecule has 1 unspecified atom stereocenters. The van der Waals surface area contributed by atoms with Crippen LogP contribution in [0.5, 0.6) is 11.5 Å². The zero-order valence-corrected chi connectivity index (χ0v) is 18.2. The van der Waals surface area contributed by atoms with E-state index in [1.807, 2.05) is 13.0 Å². The third-order valence-electron chi connectivity index (χ3n) is 5.69. The Morgan fingerprint density at radius 3 is 2.63 bits per heavy atom. The molecule has 2 N–H and O–H groups in total. The normalized spacial score (nSPS) is 14.4. The maximum Gasteiger partial charge on any atom is 0.263 e. The highest BCUT2D eigenvalue weighted by molar-refractivity contribution is 7.18. The van der Waals surface area contributed by atoms with Crippen molar-refractivity contribution in [1.82, 2.24) is 9.55 Å². The Hall–Kier alpha value is -2.87. The number of thiophene rings is 1. The molecule has 0 fully saturated rings. The van der Waals surface area contributed by atoms with Crippen LogP contribution in [-0.4, -0.2) is 29.7 Å². The van der Waals surface area contributed by atoms with Crippen LogP contribution in [-0.2, 0) is 17.6 Å². The predicted molar refractivity (Wildman–Crippen MR) is 118 cm³/mol. The summed E-state index contributed by atoms with van der Waals surface area (Å²) in [6.07, 6.45) is 4.41. The van der Waals surface area contributed by atoms with E-state index in [1.165, 1.54) is 9.44 Å². The Balaban J connectivity index is 2.05.